The smallest absolute Gasteiger partial charge is 0.156 e. The minimum Gasteiger partial charge on any atom is -0.361 e. The van der Waals surface area contributed by atoms with E-state index in [4.69, 9.17) is 15.7 Å². The third-order valence-electron chi connectivity index (χ3n) is 3.32. The van der Waals surface area contributed by atoms with Crippen molar-refractivity contribution in [3.8, 4) is 6.07 Å². The number of nitrogens with two attached hydrogens (primary N) is 1. The van der Waals surface area contributed by atoms with Crippen LogP contribution in [-0.4, -0.2) is 36.7 Å². The van der Waals surface area contributed by atoms with E-state index in [1.807, 2.05) is 13.0 Å². The summed E-state index contributed by atoms with van der Waals surface area (Å²) in [5, 5.41) is 8.95. The van der Waals surface area contributed by atoms with Crippen LogP contribution in [0.2, 0.25) is 0 Å². The van der Waals surface area contributed by atoms with Gasteiger partial charge in [-0.05, 0) is 24.6 Å². The third kappa shape index (κ3) is 3.29. The van der Waals surface area contributed by atoms with Gasteiger partial charge >= 0.3 is 0 Å². The standard InChI is InChI=1S/C14H18FN3O/c1-10(17)14(11-3-2-4-12(15)7-11)18-5-6-19-13(8-16)9-18/h2-4,7,10,13-14H,5-6,9,17H2,1H3. The molecule has 1 saturated heterocycles. The van der Waals surface area contributed by atoms with Gasteiger partial charge in [-0.25, -0.2) is 4.39 Å². The summed E-state index contributed by atoms with van der Waals surface area (Å²) in [5.74, 6) is -0.270. The van der Waals surface area contributed by atoms with Gasteiger partial charge in [-0.3, -0.25) is 4.90 Å². The molecule has 102 valence electrons. The lowest BCUT2D eigenvalue weighted by atomic mass is 9.98. The quantitative estimate of drug-likeness (QED) is 0.896. The fourth-order valence-corrected chi connectivity index (χ4v) is 2.54. The lowest BCUT2D eigenvalue weighted by molar-refractivity contribution is -0.0210. The van der Waals surface area contributed by atoms with E-state index in [-0.39, 0.29) is 17.9 Å². The number of hydrogen-bond acceptors (Lipinski definition) is 4. The second-order valence-corrected chi connectivity index (χ2v) is 4.84. The molecule has 1 aliphatic rings. The van der Waals surface area contributed by atoms with Crippen LogP contribution in [-0.2, 0) is 4.74 Å². The molecule has 0 radical (unpaired) electrons. The molecule has 2 rings (SSSR count). The van der Waals surface area contributed by atoms with Gasteiger partial charge in [0.25, 0.3) is 0 Å². The van der Waals surface area contributed by atoms with E-state index in [9.17, 15) is 4.39 Å². The van der Waals surface area contributed by atoms with Gasteiger partial charge in [0.1, 0.15) is 5.82 Å². The maximum atomic E-state index is 13.4. The number of hydrogen-bond donors (Lipinski definition) is 1. The molecule has 0 saturated carbocycles. The first-order valence-electron chi connectivity index (χ1n) is 6.38. The van der Waals surface area contributed by atoms with E-state index in [0.29, 0.717) is 19.7 Å². The van der Waals surface area contributed by atoms with E-state index in [1.54, 1.807) is 6.07 Å². The molecule has 1 aliphatic heterocycles. The number of ether oxygens (including phenoxy) is 1. The summed E-state index contributed by atoms with van der Waals surface area (Å²) < 4.78 is 18.7. The molecule has 5 heteroatoms. The molecule has 1 fully saturated rings. The number of benzene rings is 1. The van der Waals surface area contributed by atoms with E-state index >= 15 is 0 Å². The van der Waals surface area contributed by atoms with Crippen molar-refractivity contribution in [1.29, 1.82) is 5.26 Å². The summed E-state index contributed by atoms with van der Waals surface area (Å²) in [4.78, 5) is 2.09. The topological polar surface area (TPSA) is 62.3 Å². The Balaban J connectivity index is 2.23. The zero-order chi connectivity index (χ0) is 13.8. The number of rotatable bonds is 3. The highest BCUT2D eigenvalue weighted by Gasteiger charge is 2.29. The molecule has 1 aromatic rings. The van der Waals surface area contributed by atoms with Gasteiger partial charge in [-0.1, -0.05) is 12.1 Å². The van der Waals surface area contributed by atoms with Gasteiger partial charge in [0, 0.05) is 25.2 Å². The van der Waals surface area contributed by atoms with Crippen molar-refractivity contribution >= 4 is 0 Å². The predicted molar refractivity (Wildman–Crippen MR) is 69.7 cm³/mol. The molecule has 3 unspecified atom stereocenters. The fourth-order valence-electron chi connectivity index (χ4n) is 2.54. The summed E-state index contributed by atoms with van der Waals surface area (Å²) in [5.41, 5.74) is 6.89. The summed E-state index contributed by atoms with van der Waals surface area (Å²) in [6, 6.07) is 8.33. The van der Waals surface area contributed by atoms with Crippen molar-refractivity contribution in [1.82, 2.24) is 4.90 Å². The second kappa shape index (κ2) is 6.11. The van der Waals surface area contributed by atoms with Crippen molar-refractivity contribution in [3.05, 3.63) is 35.6 Å². The normalized spacial score (nSPS) is 23.6. The Kier molecular flexibility index (Phi) is 4.48. The number of halogens is 1. The molecule has 0 spiro atoms. The first-order valence-corrected chi connectivity index (χ1v) is 6.38. The minimum absolute atomic E-state index is 0.101. The fraction of sp³-hybridized carbons (Fsp3) is 0.500. The number of morpholine rings is 1. The summed E-state index contributed by atoms with van der Waals surface area (Å²) >= 11 is 0. The zero-order valence-corrected chi connectivity index (χ0v) is 10.9. The van der Waals surface area contributed by atoms with Gasteiger partial charge in [-0.15, -0.1) is 0 Å². The molecular weight excluding hydrogens is 245 g/mol. The average molecular weight is 263 g/mol. The first-order chi connectivity index (χ1) is 9.11. The van der Waals surface area contributed by atoms with Crippen molar-refractivity contribution in [2.45, 2.75) is 25.1 Å². The molecule has 0 amide bonds. The molecule has 2 N–H and O–H groups in total. The van der Waals surface area contributed by atoms with Gasteiger partial charge in [0.05, 0.1) is 12.7 Å². The van der Waals surface area contributed by atoms with Crippen molar-refractivity contribution in [2.24, 2.45) is 5.73 Å². The predicted octanol–water partition coefficient (Wildman–Crippen LogP) is 1.44. The van der Waals surface area contributed by atoms with Gasteiger partial charge in [-0.2, -0.15) is 5.26 Å². The number of nitrogens with zero attached hydrogens (tertiary/aromatic N) is 2. The Morgan fingerprint density at radius 1 is 1.58 bits per heavy atom. The highest BCUT2D eigenvalue weighted by atomic mass is 19.1. The molecule has 3 atom stereocenters. The monoisotopic (exact) mass is 263 g/mol. The van der Waals surface area contributed by atoms with Crippen molar-refractivity contribution in [3.63, 3.8) is 0 Å². The molecule has 4 nitrogen and oxygen atoms in total. The van der Waals surface area contributed by atoms with Crippen LogP contribution >= 0.6 is 0 Å². The lowest BCUT2D eigenvalue weighted by Gasteiger charge is -2.38. The molecule has 19 heavy (non-hydrogen) atoms. The Bertz CT molecular complexity index is 472. The molecule has 1 aromatic carbocycles. The first kappa shape index (κ1) is 13.9. The average Bonchev–Trinajstić information content (AvgIpc) is 2.39. The lowest BCUT2D eigenvalue weighted by Crippen LogP contribution is -2.48. The van der Waals surface area contributed by atoms with Gasteiger partial charge in [0.15, 0.2) is 6.10 Å². The van der Waals surface area contributed by atoms with Crippen molar-refractivity contribution in [2.75, 3.05) is 19.7 Å². The van der Waals surface area contributed by atoms with E-state index in [2.05, 4.69) is 11.0 Å². The summed E-state index contributed by atoms with van der Waals surface area (Å²) in [7, 11) is 0. The molecule has 0 aromatic heterocycles. The van der Waals surface area contributed by atoms with E-state index in [0.717, 1.165) is 5.56 Å². The minimum atomic E-state index is -0.441. The number of nitriles is 1. The Hall–Kier alpha value is -1.48. The van der Waals surface area contributed by atoms with E-state index in [1.165, 1.54) is 12.1 Å². The molecule has 0 aliphatic carbocycles. The van der Waals surface area contributed by atoms with Crippen LogP contribution in [0, 0.1) is 17.1 Å². The zero-order valence-electron chi connectivity index (χ0n) is 10.9. The highest BCUT2D eigenvalue weighted by Crippen LogP contribution is 2.26. The van der Waals surface area contributed by atoms with Crippen LogP contribution in [0.3, 0.4) is 0 Å². The van der Waals surface area contributed by atoms with Gasteiger partial charge in [0.2, 0.25) is 0 Å². The SMILES string of the molecule is CC(N)C(c1cccc(F)c1)N1CCOC(C#N)C1. The summed E-state index contributed by atoms with van der Waals surface area (Å²) in [6.45, 7) is 3.59. The third-order valence-corrected chi connectivity index (χ3v) is 3.32. The van der Waals surface area contributed by atoms with Crippen LogP contribution in [0.4, 0.5) is 4.39 Å². The van der Waals surface area contributed by atoms with Crippen LogP contribution in [0.25, 0.3) is 0 Å². The van der Waals surface area contributed by atoms with Crippen molar-refractivity contribution < 1.29 is 9.13 Å². The highest BCUT2D eigenvalue weighted by molar-refractivity contribution is 5.22. The second-order valence-electron chi connectivity index (χ2n) is 4.84. The maximum absolute atomic E-state index is 13.4. The van der Waals surface area contributed by atoms with Crippen LogP contribution in [0.15, 0.2) is 24.3 Å². The Labute approximate surface area is 112 Å². The van der Waals surface area contributed by atoms with Crippen LogP contribution in [0.5, 0.6) is 0 Å². The van der Waals surface area contributed by atoms with Gasteiger partial charge < -0.3 is 10.5 Å². The van der Waals surface area contributed by atoms with E-state index < -0.39 is 6.10 Å². The Morgan fingerprint density at radius 3 is 3.00 bits per heavy atom. The molecule has 0 bridgehead atoms. The molecule has 1 heterocycles. The maximum Gasteiger partial charge on any atom is 0.156 e. The summed E-state index contributed by atoms with van der Waals surface area (Å²) in [6.07, 6.45) is -0.441. The van der Waals surface area contributed by atoms with Crippen LogP contribution < -0.4 is 5.73 Å². The largest absolute Gasteiger partial charge is 0.361 e. The van der Waals surface area contributed by atoms with Crippen LogP contribution in [0.1, 0.15) is 18.5 Å². The Morgan fingerprint density at radius 2 is 2.37 bits per heavy atom. The molecular formula is C14H18FN3O.